The van der Waals surface area contributed by atoms with Crippen molar-refractivity contribution in [1.29, 1.82) is 0 Å². The van der Waals surface area contributed by atoms with Gasteiger partial charge in [0.25, 0.3) is 0 Å². The molecular weight excluding hydrogens is 312 g/mol. The second kappa shape index (κ2) is 11.6. The molecule has 0 bridgehead atoms. The third-order valence-electron chi connectivity index (χ3n) is 4.33. The lowest BCUT2D eigenvalue weighted by Crippen LogP contribution is -2.32. The Labute approximate surface area is 152 Å². The van der Waals surface area contributed by atoms with Crippen LogP contribution in [-0.2, 0) is 14.3 Å². The number of carbonyl (C=O) groups is 2. The summed E-state index contributed by atoms with van der Waals surface area (Å²) < 4.78 is 5.21. The van der Waals surface area contributed by atoms with Crippen molar-refractivity contribution < 1.29 is 14.3 Å². The molecule has 0 saturated heterocycles. The highest BCUT2D eigenvalue weighted by molar-refractivity contribution is 5.96. The highest BCUT2D eigenvalue weighted by atomic mass is 16.5. The summed E-state index contributed by atoms with van der Waals surface area (Å²) in [7, 11) is 0. The van der Waals surface area contributed by atoms with Crippen molar-refractivity contribution >= 4 is 11.8 Å². The first-order valence-electron chi connectivity index (χ1n) is 9.39. The number of carbonyl (C=O) groups excluding carboxylic acids is 2. The fourth-order valence-corrected chi connectivity index (χ4v) is 2.95. The minimum atomic E-state index is -0.513. The molecular formula is C22H32O3. The molecule has 25 heavy (non-hydrogen) atoms. The lowest BCUT2D eigenvalue weighted by Gasteiger charge is -2.22. The van der Waals surface area contributed by atoms with E-state index in [-0.39, 0.29) is 5.78 Å². The van der Waals surface area contributed by atoms with Crippen LogP contribution in [0.2, 0.25) is 0 Å². The number of esters is 1. The van der Waals surface area contributed by atoms with Gasteiger partial charge in [0, 0.05) is 6.08 Å². The Bertz CT molecular complexity index is 552. The van der Waals surface area contributed by atoms with Crippen LogP contribution in [-0.4, -0.2) is 17.9 Å². The lowest BCUT2D eigenvalue weighted by atomic mass is 9.93. The molecule has 1 rings (SSSR count). The van der Waals surface area contributed by atoms with Gasteiger partial charge in [-0.2, -0.15) is 0 Å². The van der Waals surface area contributed by atoms with E-state index in [4.69, 9.17) is 4.74 Å². The van der Waals surface area contributed by atoms with Crippen molar-refractivity contribution in [2.75, 3.05) is 0 Å². The second-order valence-electron chi connectivity index (χ2n) is 6.79. The van der Waals surface area contributed by atoms with Gasteiger partial charge in [0.1, 0.15) is 6.10 Å². The molecule has 1 aliphatic heterocycles. The Kier molecular flexibility index (Phi) is 9.83. The summed E-state index contributed by atoms with van der Waals surface area (Å²) in [6.07, 6.45) is 18.0. The normalized spacial score (nSPS) is 22.6. The van der Waals surface area contributed by atoms with Crippen molar-refractivity contribution in [3.8, 4) is 0 Å². The summed E-state index contributed by atoms with van der Waals surface area (Å²) in [6, 6.07) is 0. The maximum atomic E-state index is 12.4. The summed E-state index contributed by atoms with van der Waals surface area (Å²) >= 11 is 0. The second-order valence-corrected chi connectivity index (χ2v) is 6.79. The highest BCUT2D eigenvalue weighted by Crippen LogP contribution is 2.19. The standard InChI is InChI=1S/C22H32O3/c1-5-7-8-9-11-17(3)16-18(4)12-14-20(23)19-13-15-22(24)25-21(19)10-6-2/h6,10,12-17,19,21H,5,7-9,11H2,1-4H3/b10-6+,14-12+,18-16+/t17-,19+,21-/m0/s1. The molecule has 1 aliphatic rings. The van der Waals surface area contributed by atoms with Crippen molar-refractivity contribution in [2.45, 2.75) is 65.9 Å². The average molecular weight is 344 g/mol. The number of rotatable bonds is 10. The number of allylic oxidation sites excluding steroid dienone is 5. The number of hydrogen-bond donors (Lipinski definition) is 0. The molecule has 0 fully saturated rings. The molecule has 0 aromatic carbocycles. The molecule has 0 N–H and O–H groups in total. The van der Waals surface area contributed by atoms with E-state index < -0.39 is 18.0 Å². The topological polar surface area (TPSA) is 43.4 Å². The first-order chi connectivity index (χ1) is 12.0. The van der Waals surface area contributed by atoms with E-state index in [9.17, 15) is 9.59 Å². The van der Waals surface area contributed by atoms with Crippen LogP contribution in [0.1, 0.15) is 59.8 Å². The van der Waals surface area contributed by atoms with Gasteiger partial charge in [0.15, 0.2) is 5.78 Å². The van der Waals surface area contributed by atoms with Gasteiger partial charge in [-0.25, -0.2) is 4.79 Å². The zero-order valence-electron chi connectivity index (χ0n) is 16.0. The van der Waals surface area contributed by atoms with Crippen LogP contribution in [0.4, 0.5) is 0 Å². The van der Waals surface area contributed by atoms with Crippen molar-refractivity contribution in [2.24, 2.45) is 11.8 Å². The maximum absolute atomic E-state index is 12.4. The molecule has 138 valence electrons. The summed E-state index contributed by atoms with van der Waals surface area (Å²) in [4.78, 5) is 23.8. The van der Waals surface area contributed by atoms with E-state index >= 15 is 0 Å². The van der Waals surface area contributed by atoms with Crippen LogP contribution in [0.5, 0.6) is 0 Å². The maximum Gasteiger partial charge on any atom is 0.331 e. The van der Waals surface area contributed by atoms with Crippen molar-refractivity contribution in [3.05, 3.63) is 48.1 Å². The minimum Gasteiger partial charge on any atom is -0.454 e. The van der Waals surface area contributed by atoms with E-state index in [1.165, 1.54) is 38.2 Å². The molecule has 0 aromatic heterocycles. The first kappa shape index (κ1) is 21.1. The van der Waals surface area contributed by atoms with Gasteiger partial charge < -0.3 is 4.74 Å². The number of hydrogen-bond acceptors (Lipinski definition) is 3. The van der Waals surface area contributed by atoms with Crippen molar-refractivity contribution in [1.82, 2.24) is 0 Å². The molecule has 0 aromatic rings. The van der Waals surface area contributed by atoms with Gasteiger partial charge in [-0.3, -0.25) is 4.79 Å². The lowest BCUT2D eigenvalue weighted by molar-refractivity contribution is -0.145. The van der Waals surface area contributed by atoms with Gasteiger partial charge in [0.2, 0.25) is 0 Å². The molecule has 0 aliphatic carbocycles. The Balaban J connectivity index is 2.60. The largest absolute Gasteiger partial charge is 0.454 e. The van der Waals surface area contributed by atoms with E-state index in [2.05, 4.69) is 19.9 Å². The smallest absolute Gasteiger partial charge is 0.331 e. The fourth-order valence-electron chi connectivity index (χ4n) is 2.95. The highest BCUT2D eigenvalue weighted by Gasteiger charge is 2.28. The van der Waals surface area contributed by atoms with Crippen LogP contribution in [0.15, 0.2) is 48.1 Å². The van der Waals surface area contributed by atoms with E-state index in [1.54, 1.807) is 24.3 Å². The summed E-state index contributed by atoms with van der Waals surface area (Å²) in [5.41, 5.74) is 1.09. The predicted molar refractivity (Wildman–Crippen MR) is 103 cm³/mol. The molecule has 0 unspecified atom stereocenters. The van der Waals surface area contributed by atoms with E-state index in [0.29, 0.717) is 5.92 Å². The molecule has 3 nitrogen and oxygen atoms in total. The molecule has 3 atom stereocenters. The van der Waals surface area contributed by atoms with Crippen LogP contribution in [0.3, 0.4) is 0 Å². The Morgan fingerprint density at radius 1 is 1.28 bits per heavy atom. The zero-order valence-corrected chi connectivity index (χ0v) is 16.0. The van der Waals surface area contributed by atoms with Gasteiger partial charge in [-0.05, 0) is 38.3 Å². The average Bonchev–Trinajstić information content (AvgIpc) is 2.57. The monoisotopic (exact) mass is 344 g/mol. The fraction of sp³-hybridized carbons (Fsp3) is 0.545. The van der Waals surface area contributed by atoms with Crippen LogP contribution < -0.4 is 0 Å². The molecule has 0 saturated carbocycles. The summed E-state index contributed by atoms with van der Waals surface area (Å²) in [5, 5.41) is 0. The van der Waals surface area contributed by atoms with Gasteiger partial charge in [-0.15, -0.1) is 0 Å². The molecule has 1 heterocycles. The predicted octanol–water partition coefficient (Wildman–Crippen LogP) is 5.34. The first-order valence-corrected chi connectivity index (χ1v) is 9.39. The SMILES string of the molecule is C/C=C/[C@@H]1OC(=O)C=C[C@@H]1C(=O)/C=C/C(C)=C/[C@@H](C)CCCCCC. The van der Waals surface area contributed by atoms with Gasteiger partial charge in [0.05, 0.1) is 5.92 Å². The molecule has 0 radical (unpaired) electrons. The van der Waals surface area contributed by atoms with Gasteiger partial charge in [-0.1, -0.05) is 69.4 Å². The summed E-state index contributed by atoms with van der Waals surface area (Å²) in [5.74, 6) is -0.369. The summed E-state index contributed by atoms with van der Waals surface area (Å²) in [6.45, 7) is 8.31. The molecule has 3 heteroatoms. The zero-order chi connectivity index (χ0) is 18.7. The van der Waals surface area contributed by atoms with Crippen LogP contribution in [0.25, 0.3) is 0 Å². The molecule has 0 amide bonds. The van der Waals surface area contributed by atoms with Crippen LogP contribution >= 0.6 is 0 Å². The number of ketones is 1. The Morgan fingerprint density at radius 3 is 2.72 bits per heavy atom. The quantitative estimate of drug-likeness (QED) is 0.177. The third-order valence-corrected chi connectivity index (χ3v) is 4.33. The van der Waals surface area contributed by atoms with E-state index in [0.717, 1.165) is 5.57 Å². The van der Waals surface area contributed by atoms with E-state index in [1.807, 2.05) is 19.9 Å². The van der Waals surface area contributed by atoms with Crippen LogP contribution in [0, 0.1) is 11.8 Å². The number of cyclic esters (lactones) is 1. The number of unbranched alkanes of at least 4 members (excludes halogenated alkanes) is 3. The Morgan fingerprint density at radius 2 is 2.04 bits per heavy atom. The third kappa shape index (κ3) is 8.15. The number of ether oxygens (including phenoxy) is 1. The molecule has 0 spiro atoms. The minimum absolute atomic E-state index is 0.0461. The Hall–Kier alpha value is -1.90. The van der Waals surface area contributed by atoms with Gasteiger partial charge >= 0.3 is 5.97 Å². The van der Waals surface area contributed by atoms with Crippen molar-refractivity contribution in [3.63, 3.8) is 0 Å².